The van der Waals surface area contributed by atoms with Crippen LogP contribution in [0.25, 0.3) is 0 Å². The van der Waals surface area contributed by atoms with Gasteiger partial charge in [0.05, 0.1) is 4.92 Å². The van der Waals surface area contributed by atoms with E-state index in [0.717, 1.165) is 5.56 Å². The molecule has 2 aromatic carbocycles. The average molecular weight is 308 g/mol. The van der Waals surface area contributed by atoms with Crippen LogP contribution in [0.1, 0.15) is 17.2 Å². The summed E-state index contributed by atoms with van der Waals surface area (Å²) in [4.78, 5) is 10.2. The van der Waals surface area contributed by atoms with Crippen molar-refractivity contribution in [2.24, 2.45) is 0 Å². The number of hydrogen-bond donors (Lipinski definition) is 1. The van der Waals surface area contributed by atoms with Crippen molar-refractivity contribution in [3.63, 3.8) is 0 Å². The van der Waals surface area contributed by atoms with Crippen molar-refractivity contribution >= 4 is 21.6 Å². The fraction of sp³-hybridized carbons (Fsp3) is 0.0769. The summed E-state index contributed by atoms with van der Waals surface area (Å²) < 4.78 is 0.521. The first-order chi connectivity index (χ1) is 8.59. The average Bonchev–Trinajstić information content (AvgIpc) is 2.38. The molecule has 0 bridgehead atoms. The minimum atomic E-state index is -0.804. The molecule has 1 unspecified atom stereocenters. The molecular weight excluding hydrogens is 298 g/mol. The van der Waals surface area contributed by atoms with Crippen LogP contribution in [0, 0.1) is 10.1 Å². The molecule has 1 atom stereocenters. The van der Waals surface area contributed by atoms with Crippen LogP contribution < -0.4 is 0 Å². The highest BCUT2D eigenvalue weighted by molar-refractivity contribution is 9.10. The van der Waals surface area contributed by atoms with E-state index in [-0.39, 0.29) is 5.69 Å². The highest BCUT2D eigenvalue weighted by Gasteiger charge is 2.16. The van der Waals surface area contributed by atoms with Gasteiger partial charge < -0.3 is 5.11 Å². The highest BCUT2D eigenvalue weighted by atomic mass is 79.9. The summed E-state index contributed by atoms with van der Waals surface area (Å²) in [5.41, 5.74) is 1.34. The molecule has 0 spiro atoms. The predicted molar refractivity (Wildman–Crippen MR) is 71.3 cm³/mol. The normalized spacial score (nSPS) is 12.1. The van der Waals surface area contributed by atoms with Gasteiger partial charge in [-0.1, -0.05) is 46.3 Å². The summed E-state index contributed by atoms with van der Waals surface area (Å²) >= 11 is 3.25. The Hall–Kier alpha value is -1.72. The Morgan fingerprint density at radius 3 is 2.39 bits per heavy atom. The number of non-ortho nitro benzene ring substituents is 1. The zero-order valence-corrected chi connectivity index (χ0v) is 10.9. The number of benzene rings is 2. The molecule has 0 aliphatic rings. The van der Waals surface area contributed by atoms with Gasteiger partial charge >= 0.3 is 0 Å². The molecule has 1 N–H and O–H groups in total. The van der Waals surface area contributed by atoms with E-state index >= 15 is 0 Å². The first kappa shape index (κ1) is 12.7. The molecule has 2 aromatic rings. The molecule has 5 heteroatoms. The van der Waals surface area contributed by atoms with E-state index in [1.807, 2.05) is 18.2 Å². The fourth-order valence-corrected chi connectivity index (χ4v) is 2.25. The van der Waals surface area contributed by atoms with Gasteiger partial charge in [0, 0.05) is 16.6 Å². The van der Waals surface area contributed by atoms with E-state index in [1.54, 1.807) is 18.2 Å². The van der Waals surface area contributed by atoms with Gasteiger partial charge in [-0.25, -0.2) is 0 Å². The Morgan fingerprint density at radius 2 is 1.83 bits per heavy atom. The maximum absolute atomic E-state index is 10.6. The zero-order chi connectivity index (χ0) is 13.1. The van der Waals surface area contributed by atoms with E-state index < -0.39 is 11.0 Å². The minimum absolute atomic E-state index is 0.00844. The van der Waals surface area contributed by atoms with Gasteiger partial charge in [-0.2, -0.15) is 0 Å². The van der Waals surface area contributed by atoms with Crippen molar-refractivity contribution in [1.82, 2.24) is 0 Å². The Bertz CT molecular complexity index is 572. The lowest BCUT2D eigenvalue weighted by Crippen LogP contribution is -2.01. The third-order valence-electron chi connectivity index (χ3n) is 2.60. The van der Waals surface area contributed by atoms with Gasteiger partial charge in [-0.05, 0) is 17.2 Å². The van der Waals surface area contributed by atoms with Crippen molar-refractivity contribution in [2.75, 3.05) is 0 Å². The Kier molecular flexibility index (Phi) is 3.74. The maximum Gasteiger partial charge on any atom is 0.270 e. The van der Waals surface area contributed by atoms with Crippen molar-refractivity contribution in [3.8, 4) is 0 Å². The fourth-order valence-electron chi connectivity index (χ4n) is 1.67. The van der Waals surface area contributed by atoms with Gasteiger partial charge in [0.2, 0.25) is 0 Å². The Morgan fingerprint density at radius 1 is 1.17 bits per heavy atom. The zero-order valence-electron chi connectivity index (χ0n) is 9.29. The van der Waals surface area contributed by atoms with Crippen LogP contribution in [0.3, 0.4) is 0 Å². The number of rotatable bonds is 3. The van der Waals surface area contributed by atoms with Crippen LogP contribution in [-0.2, 0) is 0 Å². The van der Waals surface area contributed by atoms with Crippen LogP contribution >= 0.6 is 15.9 Å². The third-order valence-corrected chi connectivity index (χ3v) is 3.29. The second kappa shape index (κ2) is 5.29. The van der Waals surface area contributed by atoms with Crippen LogP contribution in [0.5, 0.6) is 0 Å². The number of aliphatic hydroxyl groups is 1. The molecule has 0 radical (unpaired) electrons. The second-order valence-electron chi connectivity index (χ2n) is 3.78. The predicted octanol–water partition coefficient (Wildman–Crippen LogP) is 3.44. The van der Waals surface area contributed by atoms with E-state index in [2.05, 4.69) is 15.9 Å². The van der Waals surface area contributed by atoms with Crippen LogP contribution in [0.15, 0.2) is 53.0 Å². The molecule has 0 saturated carbocycles. The minimum Gasteiger partial charge on any atom is -0.384 e. The molecule has 92 valence electrons. The lowest BCUT2D eigenvalue weighted by atomic mass is 10.0. The quantitative estimate of drug-likeness (QED) is 0.698. The van der Waals surface area contributed by atoms with Gasteiger partial charge in [-0.3, -0.25) is 10.1 Å². The molecule has 0 aliphatic carbocycles. The van der Waals surface area contributed by atoms with E-state index in [0.29, 0.717) is 10.0 Å². The molecule has 0 heterocycles. The third kappa shape index (κ3) is 2.57. The standard InChI is InChI=1S/C13H10BrNO3/c14-12-8-10(15(17)18)6-7-11(12)13(16)9-4-2-1-3-5-9/h1-8,13,16H. The van der Waals surface area contributed by atoms with Gasteiger partial charge in [0.15, 0.2) is 0 Å². The molecule has 4 nitrogen and oxygen atoms in total. The van der Waals surface area contributed by atoms with Crippen LogP contribution in [0.4, 0.5) is 5.69 Å². The summed E-state index contributed by atoms with van der Waals surface area (Å²) in [7, 11) is 0. The SMILES string of the molecule is O=[N+]([O-])c1ccc(C(O)c2ccccc2)c(Br)c1. The van der Waals surface area contributed by atoms with Crippen molar-refractivity contribution in [3.05, 3.63) is 74.2 Å². The molecule has 2 rings (SSSR count). The molecule has 0 saturated heterocycles. The Balaban J connectivity index is 2.37. The van der Waals surface area contributed by atoms with Crippen molar-refractivity contribution < 1.29 is 10.0 Å². The lowest BCUT2D eigenvalue weighted by molar-refractivity contribution is -0.384. The van der Waals surface area contributed by atoms with E-state index in [4.69, 9.17) is 0 Å². The second-order valence-corrected chi connectivity index (χ2v) is 4.63. The first-order valence-corrected chi connectivity index (χ1v) is 6.06. The summed E-state index contributed by atoms with van der Waals surface area (Å²) in [5, 5.41) is 20.8. The monoisotopic (exact) mass is 307 g/mol. The van der Waals surface area contributed by atoms with Crippen LogP contribution in [-0.4, -0.2) is 10.0 Å². The molecule has 0 aliphatic heterocycles. The number of nitro benzene ring substituents is 1. The number of hydrogen-bond acceptors (Lipinski definition) is 3. The molecule has 0 fully saturated rings. The summed E-state index contributed by atoms with van der Waals surface area (Å²) in [5.74, 6) is 0. The summed E-state index contributed by atoms with van der Waals surface area (Å²) in [6, 6.07) is 13.5. The summed E-state index contributed by atoms with van der Waals surface area (Å²) in [6.45, 7) is 0. The van der Waals surface area contributed by atoms with E-state index in [9.17, 15) is 15.2 Å². The van der Waals surface area contributed by atoms with Gasteiger partial charge in [0.25, 0.3) is 5.69 Å². The molecular formula is C13H10BrNO3. The number of nitrogens with zero attached hydrogens (tertiary/aromatic N) is 1. The molecule has 0 aromatic heterocycles. The smallest absolute Gasteiger partial charge is 0.270 e. The number of nitro groups is 1. The van der Waals surface area contributed by atoms with Crippen molar-refractivity contribution in [2.45, 2.75) is 6.10 Å². The Labute approximate surface area is 112 Å². The highest BCUT2D eigenvalue weighted by Crippen LogP contribution is 2.31. The maximum atomic E-state index is 10.6. The number of aliphatic hydroxyl groups excluding tert-OH is 1. The summed E-state index contributed by atoms with van der Waals surface area (Å²) in [6.07, 6.45) is -0.804. The van der Waals surface area contributed by atoms with Crippen molar-refractivity contribution in [1.29, 1.82) is 0 Å². The molecule has 18 heavy (non-hydrogen) atoms. The van der Waals surface area contributed by atoms with Gasteiger partial charge in [-0.15, -0.1) is 0 Å². The topological polar surface area (TPSA) is 63.4 Å². The van der Waals surface area contributed by atoms with Crippen LogP contribution in [0.2, 0.25) is 0 Å². The largest absolute Gasteiger partial charge is 0.384 e. The molecule has 0 amide bonds. The van der Waals surface area contributed by atoms with E-state index in [1.165, 1.54) is 12.1 Å². The lowest BCUT2D eigenvalue weighted by Gasteiger charge is -2.12. The van der Waals surface area contributed by atoms with Gasteiger partial charge in [0.1, 0.15) is 6.10 Å². The first-order valence-electron chi connectivity index (χ1n) is 5.26. The number of halogens is 1.